The largest absolute Gasteiger partial charge is 0.278 e. The lowest BCUT2D eigenvalue weighted by Gasteiger charge is -2.37. The van der Waals surface area contributed by atoms with Gasteiger partial charge in [-0.05, 0) is 52.6 Å². The summed E-state index contributed by atoms with van der Waals surface area (Å²) >= 11 is 0. The van der Waals surface area contributed by atoms with E-state index in [1.807, 2.05) is 30.3 Å². The summed E-state index contributed by atoms with van der Waals surface area (Å²) in [6.45, 7) is 0. The highest BCUT2D eigenvalue weighted by molar-refractivity contribution is 6.09. The molecule has 0 saturated carbocycles. The van der Waals surface area contributed by atoms with E-state index in [1.165, 1.54) is 0 Å². The molecule has 0 aliphatic heterocycles. The molecule has 9 rings (SSSR count). The van der Waals surface area contributed by atoms with Gasteiger partial charge in [0.25, 0.3) is 0 Å². The molecular weight excluding hydrogens is 635 g/mol. The molecule has 0 N–H and O–H groups in total. The number of benzene rings is 7. The minimum Gasteiger partial charge on any atom is -0.278 e. The van der Waals surface area contributed by atoms with Gasteiger partial charge in [-0.3, -0.25) is 4.57 Å². The van der Waals surface area contributed by atoms with Crippen LogP contribution in [0, 0.1) is 11.3 Å². The van der Waals surface area contributed by atoms with Crippen LogP contribution in [0.25, 0.3) is 50.5 Å². The van der Waals surface area contributed by atoms with Gasteiger partial charge in [-0.1, -0.05) is 158 Å². The number of para-hydroxylation sites is 2. The number of fused-ring (bicyclic) bond motifs is 3. The Morgan fingerprint density at radius 3 is 1.50 bits per heavy atom. The predicted molar refractivity (Wildman–Crippen MR) is 208 cm³/mol. The van der Waals surface area contributed by atoms with E-state index in [-0.39, 0.29) is 0 Å². The fraction of sp³-hybridized carbons (Fsp3) is 0.0213. The Balaban J connectivity index is 1.34. The van der Waals surface area contributed by atoms with Crippen molar-refractivity contribution in [3.63, 3.8) is 0 Å². The molecule has 0 fully saturated rings. The van der Waals surface area contributed by atoms with Gasteiger partial charge in [-0.15, -0.1) is 0 Å². The Morgan fingerprint density at radius 1 is 0.442 bits per heavy atom. The van der Waals surface area contributed by atoms with Crippen molar-refractivity contribution in [1.29, 1.82) is 5.26 Å². The van der Waals surface area contributed by atoms with E-state index >= 15 is 0 Å². The maximum atomic E-state index is 10.1. The lowest BCUT2D eigenvalue weighted by atomic mass is 9.65. The van der Waals surface area contributed by atoms with Gasteiger partial charge in [0.15, 0.2) is 11.6 Å². The van der Waals surface area contributed by atoms with Crippen molar-refractivity contribution in [3.05, 3.63) is 216 Å². The average molecular weight is 666 g/mol. The van der Waals surface area contributed by atoms with Crippen LogP contribution in [0.2, 0.25) is 0 Å². The normalized spacial score (nSPS) is 11.4. The van der Waals surface area contributed by atoms with Crippen LogP contribution < -0.4 is 0 Å². The molecule has 0 aliphatic carbocycles. The molecule has 0 unspecified atom stereocenters. The molecule has 5 nitrogen and oxygen atoms in total. The number of aromatic nitrogens is 4. The van der Waals surface area contributed by atoms with E-state index in [0.717, 1.165) is 49.6 Å². The third-order valence-corrected chi connectivity index (χ3v) is 9.87. The third kappa shape index (κ3) is 5.05. The summed E-state index contributed by atoms with van der Waals surface area (Å²) in [6.07, 6.45) is 0. The second-order valence-corrected chi connectivity index (χ2v) is 12.7. The van der Waals surface area contributed by atoms with Gasteiger partial charge < -0.3 is 0 Å². The van der Waals surface area contributed by atoms with E-state index in [2.05, 4.69) is 162 Å². The van der Waals surface area contributed by atoms with Gasteiger partial charge in [-0.2, -0.15) is 15.2 Å². The number of hydrogen-bond acceptors (Lipinski definition) is 4. The van der Waals surface area contributed by atoms with E-state index in [4.69, 9.17) is 15.0 Å². The van der Waals surface area contributed by atoms with Gasteiger partial charge in [0.05, 0.1) is 28.1 Å². The first-order valence-electron chi connectivity index (χ1n) is 17.3. The average Bonchev–Trinajstić information content (AvgIpc) is 3.57. The van der Waals surface area contributed by atoms with Gasteiger partial charge in [-0.25, -0.2) is 4.98 Å². The fourth-order valence-corrected chi connectivity index (χ4v) is 7.58. The zero-order valence-electron chi connectivity index (χ0n) is 28.1. The van der Waals surface area contributed by atoms with Crippen LogP contribution in [0.3, 0.4) is 0 Å². The molecule has 2 aromatic heterocycles. The molecular formula is C47H31N5. The number of nitrogens with zero attached hydrogens (tertiary/aromatic N) is 5. The number of nitriles is 1. The smallest absolute Gasteiger partial charge is 0.238 e. The van der Waals surface area contributed by atoms with Crippen molar-refractivity contribution in [2.24, 2.45) is 0 Å². The fourth-order valence-electron chi connectivity index (χ4n) is 7.58. The molecule has 0 aliphatic rings. The molecule has 7 aromatic carbocycles. The molecule has 52 heavy (non-hydrogen) atoms. The number of hydrogen-bond donors (Lipinski definition) is 0. The molecule has 0 spiro atoms. The molecule has 244 valence electrons. The Morgan fingerprint density at radius 2 is 0.923 bits per heavy atom. The Bertz CT molecular complexity index is 2600. The summed E-state index contributed by atoms with van der Waals surface area (Å²) in [5, 5.41) is 12.3. The Kier molecular flexibility index (Phi) is 7.68. The molecule has 0 atom stereocenters. The first kappa shape index (κ1) is 30.9. The third-order valence-electron chi connectivity index (χ3n) is 9.87. The molecule has 5 heteroatoms. The van der Waals surface area contributed by atoms with Crippen molar-refractivity contribution in [2.45, 2.75) is 5.41 Å². The van der Waals surface area contributed by atoms with Crippen molar-refractivity contribution in [1.82, 2.24) is 19.5 Å². The zero-order valence-corrected chi connectivity index (χ0v) is 28.1. The van der Waals surface area contributed by atoms with Gasteiger partial charge in [0, 0.05) is 21.9 Å². The summed E-state index contributed by atoms with van der Waals surface area (Å²) in [5.74, 6) is 1.43. The van der Waals surface area contributed by atoms with Crippen LogP contribution in [-0.4, -0.2) is 19.5 Å². The van der Waals surface area contributed by atoms with E-state index in [1.54, 1.807) is 6.07 Å². The molecule has 0 bridgehead atoms. The van der Waals surface area contributed by atoms with Crippen LogP contribution in [-0.2, 0) is 5.41 Å². The number of rotatable bonds is 7. The van der Waals surface area contributed by atoms with Crippen LogP contribution in [0.15, 0.2) is 188 Å². The second-order valence-electron chi connectivity index (χ2n) is 12.7. The zero-order chi connectivity index (χ0) is 34.9. The predicted octanol–water partition coefficient (Wildman–Crippen LogP) is 10.6. The maximum absolute atomic E-state index is 10.1. The lowest BCUT2D eigenvalue weighted by Crippen LogP contribution is -2.31. The first-order valence-corrected chi connectivity index (χ1v) is 17.3. The van der Waals surface area contributed by atoms with E-state index in [9.17, 15) is 5.26 Å². The van der Waals surface area contributed by atoms with Crippen molar-refractivity contribution < 1.29 is 0 Å². The van der Waals surface area contributed by atoms with Crippen LogP contribution in [0.5, 0.6) is 0 Å². The summed E-state index contributed by atoms with van der Waals surface area (Å²) in [4.78, 5) is 15.4. The monoisotopic (exact) mass is 665 g/mol. The molecule has 2 heterocycles. The highest BCUT2D eigenvalue weighted by atomic mass is 15.2. The topological polar surface area (TPSA) is 67.4 Å². The van der Waals surface area contributed by atoms with Crippen LogP contribution >= 0.6 is 0 Å². The SMILES string of the molecule is N#Cc1ccccc1-c1nc(-c2cccc(C(c3ccccc3)(c3ccccc3)c3ccccc3)c2)nc(-n2c3ccccc3c3ccccc32)n1. The van der Waals surface area contributed by atoms with Crippen molar-refractivity contribution in [3.8, 4) is 34.8 Å². The van der Waals surface area contributed by atoms with Gasteiger partial charge >= 0.3 is 0 Å². The molecule has 9 aromatic rings. The summed E-state index contributed by atoms with van der Waals surface area (Å²) in [6, 6.07) is 66.9. The Labute approximate surface area is 301 Å². The minimum atomic E-state index is -0.640. The lowest BCUT2D eigenvalue weighted by molar-refractivity contribution is 0.745. The molecule has 0 saturated heterocycles. The molecule has 0 amide bonds. The minimum absolute atomic E-state index is 0.435. The summed E-state index contributed by atoms with van der Waals surface area (Å²) in [7, 11) is 0. The van der Waals surface area contributed by atoms with E-state index in [0.29, 0.717) is 28.7 Å². The highest BCUT2D eigenvalue weighted by Crippen LogP contribution is 2.46. The van der Waals surface area contributed by atoms with Crippen molar-refractivity contribution in [2.75, 3.05) is 0 Å². The van der Waals surface area contributed by atoms with E-state index < -0.39 is 5.41 Å². The highest BCUT2D eigenvalue weighted by Gasteiger charge is 2.38. The van der Waals surface area contributed by atoms with Gasteiger partial charge in [0.1, 0.15) is 0 Å². The Hall–Kier alpha value is -7.16. The van der Waals surface area contributed by atoms with Crippen molar-refractivity contribution >= 4 is 21.8 Å². The maximum Gasteiger partial charge on any atom is 0.238 e. The first-order chi connectivity index (χ1) is 25.8. The second kappa shape index (κ2) is 12.9. The van der Waals surface area contributed by atoms with Crippen LogP contribution in [0.4, 0.5) is 0 Å². The standard InChI is InChI=1S/C47H31N5/c48-32-34-17-10-11-26-39(34)45-49-44(50-46(51-45)52-42-29-14-12-27-40(42)41-28-13-15-30-43(41)52)33-18-16-25-38(31-33)47(35-19-4-1-5-20-35,36-21-6-2-7-22-36)37-23-8-3-9-24-37/h1-31H. The van der Waals surface area contributed by atoms with Gasteiger partial charge in [0.2, 0.25) is 5.95 Å². The molecule has 0 radical (unpaired) electrons. The quantitative estimate of drug-likeness (QED) is 0.159. The van der Waals surface area contributed by atoms with Crippen LogP contribution in [0.1, 0.15) is 27.8 Å². The summed E-state index contributed by atoms with van der Waals surface area (Å²) in [5.41, 5.74) is 7.85. The summed E-state index contributed by atoms with van der Waals surface area (Å²) < 4.78 is 2.10.